The first-order chi connectivity index (χ1) is 11.2. The molecule has 0 spiro atoms. The zero-order valence-electron chi connectivity index (χ0n) is 13.7. The highest BCUT2D eigenvalue weighted by atomic mass is 35.5. The van der Waals surface area contributed by atoms with Crippen molar-refractivity contribution in [2.75, 3.05) is 36.4 Å². The Bertz CT molecular complexity index is 535. The van der Waals surface area contributed by atoms with Crippen molar-refractivity contribution in [2.24, 2.45) is 0 Å². The summed E-state index contributed by atoms with van der Waals surface area (Å²) >= 11 is 6.17. The number of amides is 2. The minimum Gasteiger partial charge on any atom is -0.370 e. The number of nitrogens with one attached hydrogen (secondary N) is 1. The number of carbonyl (C=O) groups is 1. The highest BCUT2D eigenvalue weighted by molar-refractivity contribution is 6.31. The fourth-order valence-corrected chi connectivity index (χ4v) is 3.66. The molecule has 1 N–H and O–H groups in total. The topological polar surface area (TPSA) is 35.6 Å². The number of rotatable bonds is 2. The summed E-state index contributed by atoms with van der Waals surface area (Å²) in [7, 11) is 0. The highest BCUT2D eigenvalue weighted by Crippen LogP contribution is 2.31. The fourth-order valence-electron chi connectivity index (χ4n) is 3.49. The van der Waals surface area contributed by atoms with Crippen LogP contribution in [0.2, 0.25) is 5.02 Å². The predicted molar refractivity (Wildman–Crippen MR) is 96.6 cm³/mol. The molecule has 1 aromatic rings. The van der Waals surface area contributed by atoms with E-state index in [-0.39, 0.29) is 6.03 Å². The number of piperidine rings is 1. The summed E-state index contributed by atoms with van der Waals surface area (Å²) in [5.74, 6) is 0. The predicted octanol–water partition coefficient (Wildman–Crippen LogP) is 4.74. The van der Waals surface area contributed by atoms with Crippen molar-refractivity contribution in [2.45, 2.75) is 44.9 Å². The molecule has 0 saturated carbocycles. The zero-order chi connectivity index (χ0) is 16.1. The number of hydrogen-bond acceptors (Lipinski definition) is 2. The van der Waals surface area contributed by atoms with Gasteiger partial charge in [-0.15, -0.1) is 0 Å². The number of nitrogens with zero attached hydrogens (tertiary/aromatic N) is 2. The first-order valence-electron chi connectivity index (χ1n) is 8.84. The highest BCUT2D eigenvalue weighted by Gasteiger charge is 2.19. The molecule has 0 aliphatic carbocycles. The SMILES string of the molecule is O=C(Nc1cc(Cl)ccc1N1CCCCC1)N1CCCCCC1. The first-order valence-corrected chi connectivity index (χ1v) is 9.22. The standard InChI is InChI=1S/C18H26ClN3O/c19-15-8-9-17(21-10-6-3-7-11-21)16(14-15)20-18(23)22-12-4-1-2-5-13-22/h8-9,14H,1-7,10-13H2,(H,20,23). The maximum absolute atomic E-state index is 12.6. The Hall–Kier alpha value is -1.42. The molecular formula is C18H26ClN3O. The molecule has 2 amide bonds. The van der Waals surface area contributed by atoms with E-state index in [2.05, 4.69) is 10.2 Å². The molecular weight excluding hydrogens is 310 g/mol. The lowest BCUT2D eigenvalue weighted by Gasteiger charge is -2.31. The van der Waals surface area contributed by atoms with Gasteiger partial charge in [-0.2, -0.15) is 0 Å². The molecule has 4 nitrogen and oxygen atoms in total. The molecule has 0 bridgehead atoms. The minimum absolute atomic E-state index is 0.00688. The zero-order valence-corrected chi connectivity index (χ0v) is 14.4. The quantitative estimate of drug-likeness (QED) is 0.847. The van der Waals surface area contributed by atoms with Crippen molar-refractivity contribution in [3.8, 4) is 0 Å². The van der Waals surface area contributed by atoms with Gasteiger partial charge in [-0.1, -0.05) is 24.4 Å². The van der Waals surface area contributed by atoms with E-state index in [9.17, 15) is 4.79 Å². The van der Waals surface area contributed by atoms with Crippen molar-refractivity contribution in [3.63, 3.8) is 0 Å². The molecule has 126 valence electrons. The number of carbonyl (C=O) groups excluding carboxylic acids is 1. The van der Waals surface area contributed by atoms with Crippen LogP contribution in [0.4, 0.5) is 16.2 Å². The Morgan fingerprint density at radius 1 is 0.913 bits per heavy atom. The Morgan fingerprint density at radius 2 is 1.52 bits per heavy atom. The molecule has 2 heterocycles. The average molecular weight is 336 g/mol. The second-order valence-corrected chi connectivity index (χ2v) is 6.98. The molecule has 2 saturated heterocycles. The van der Waals surface area contributed by atoms with E-state index in [0.29, 0.717) is 5.02 Å². The van der Waals surface area contributed by atoms with Gasteiger partial charge in [-0.3, -0.25) is 0 Å². The number of benzene rings is 1. The third-order valence-corrected chi connectivity index (χ3v) is 5.03. The molecule has 3 rings (SSSR count). The molecule has 0 unspecified atom stereocenters. The third-order valence-electron chi connectivity index (χ3n) is 4.79. The van der Waals surface area contributed by atoms with Crippen LogP contribution in [0, 0.1) is 0 Å². The normalized spacial score (nSPS) is 19.3. The smallest absolute Gasteiger partial charge is 0.321 e. The summed E-state index contributed by atoms with van der Waals surface area (Å²) in [6.07, 6.45) is 8.35. The van der Waals surface area contributed by atoms with Crippen LogP contribution < -0.4 is 10.2 Å². The van der Waals surface area contributed by atoms with Crippen LogP contribution in [-0.4, -0.2) is 37.1 Å². The molecule has 0 aromatic heterocycles. The number of hydrogen-bond donors (Lipinski definition) is 1. The Morgan fingerprint density at radius 3 is 2.22 bits per heavy atom. The van der Waals surface area contributed by atoms with Gasteiger partial charge in [0.25, 0.3) is 0 Å². The lowest BCUT2D eigenvalue weighted by atomic mass is 10.1. The summed E-state index contributed by atoms with van der Waals surface area (Å²) in [4.78, 5) is 16.9. The van der Waals surface area contributed by atoms with Crippen LogP contribution in [-0.2, 0) is 0 Å². The van der Waals surface area contributed by atoms with Gasteiger partial charge in [-0.25, -0.2) is 4.79 Å². The summed E-state index contributed by atoms with van der Waals surface area (Å²) in [6, 6.07) is 5.83. The van der Waals surface area contributed by atoms with Crippen LogP contribution in [0.5, 0.6) is 0 Å². The summed E-state index contributed by atoms with van der Waals surface area (Å²) < 4.78 is 0. The summed E-state index contributed by atoms with van der Waals surface area (Å²) in [5, 5.41) is 3.77. The molecule has 2 fully saturated rings. The summed E-state index contributed by atoms with van der Waals surface area (Å²) in [5.41, 5.74) is 1.94. The lowest BCUT2D eigenvalue weighted by Crippen LogP contribution is -2.36. The van der Waals surface area contributed by atoms with Crippen LogP contribution in [0.15, 0.2) is 18.2 Å². The molecule has 1 aromatic carbocycles. The van der Waals surface area contributed by atoms with Crippen molar-refractivity contribution in [1.29, 1.82) is 0 Å². The number of urea groups is 1. The molecule has 0 atom stereocenters. The monoisotopic (exact) mass is 335 g/mol. The molecule has 0 radical (unpaired) electrons. The van der Waals surface area contributed by atoms with Gasteiger partial charge in [0.15, 0.2) is 0 Å². The number of likely N-dealkylation sites (tertiary alicyclic amines) is 1. The number of halogens is 1. The number of anilines is 2. The average Bonchev–Trinajstić information content (AvgIpc) is 2.85. The largest absolute Gasteiger partial charge is 0.370 e. The lowest BCUT2D eigenvalue weighted by molar-refractivity contribution is 0.214. The summed E-state index contributed by atoms with van der Waals surface area (Å²) in [6.45, 7) is 3.80. The van der Waals surface area contributed by atoms with E-state index < -0.39 is 0 Å². The van der Waals surface area contributed by atoms with Gasteiger partial charge in [-0.05, 0) is 50.3 Å². The second-order valence-electron chi connectivity index (χ2n) is 6.54. The van der Waals surface area contributed by atoms with Crippen molar-refractivity contribution < 1.29 is 4.79 Å². The van der Waals surface area contributed by atoms with Crippen LogP contribution in [0.1, 0.15) is 44.9 Å². The van der Waals surface area contributed by atoms with E-state index in [1.165, 1.54) is 32.1 Å². The van der Waals surface area contributed by atoms with Gasteiger partial charge in [0.2, 0.25) is 0 Å². The van der Waals surface area contributed by atoms with Crippen molar-refractivity contribution >= 4 is 29.0 Å². The Labute approximate surface area is 143 Å². The van der Waals surface area contributed by atoms with Gasteiger partial charge in [0, 0.05) is 31.2 Å². The van der Waals surface area contributed by atoms with E-state index in [4.69, 9.17) is 11.6 Å². The molecule has 2 aliphatic heterocycles. The van der Waals surface area contributed by atoms with Gasteiger partial charge < -0.3 is 15.1 Å². The van der Waals surface area contributed by atoms with E-state index in [1.807, 2.05) is 23.1 Å². The third kappa shape index (κ3) is 4.31. The second kappa shape index (κ2) is 7.91. The van der Waals surface area contributed by atoms with E-state index >= 15 is 0 Å². The molecule has 2 aliphatic rings. The maximum Gasteiger partial charge on any atom is 0.321 e. The van der Waals surface area contributed by atoms with Crippen LogP contribution in [0.3, 0.4) is 0 Å². The Kier molecular flexibility index (Phi) is 5.65. The van der Waals surface area contributed by atoms with Crippen molar-refractivity contribution in [3.05, 3.63) is 23.2 Å². The van der Waals surface area contributed by atoms with E-state index in [1.54, 1.807) is 0 Å². The first kappa shape index (κ1) is 16.4. The van der Waals surface area contributed by atoms with Crippen LogP contribution >= 0.6 is 11.6 Å². The van der Waals surface area contributed by atoms with Gasteiger partial charge in [0.1, 0.15) is 0 Å². The van der Waals surface area contributed by atoms with E-state index in [0.717, 1.165) is 50.4 Å². The minimum atomic E-state index is 0.00688. The van der Waals surface area contributed by atoms with Crippen molar-refractivity contribution in [1.82, 2.24) is 4.90 Å². The van der Waals surface area contributed by atoms with Crippen LogP contribution in [0.25, 0.3) is 0 Å². The maximum atomic E-state index is 12.6. The van der Waals surface area contributed by atoms with Gasteiger partial charge in [0.05, 0.1) is 11.4 Å². The fraction of sp³-hybridized carbons (Fsp3) is 0.611. The Balaban J connectivity index is 1.75. The molecule has 23 heavy (non-hydrogen) atoms. The van der Waals surface area contributed by atoms with Gasteiger partial charge >= 0.3 is 6.03 Å². The molecule has 5 heteroatoms.